The zero-order chi connectivity index (χ0) is 21.3. The first-order chi connectivity index (χ1) is 14.5. The molecule has 3 aromatic carbocycles. The Hall–Kier alpha value is -3.11. The Morgan fingerprint density at radius 2 is 1.40 bits per heavy atom. The molecule has 0 spiro atoms. The van der Waals surface area contributed by atoms with E-state index in [1.165, 1.54) is 22.2 Å². The second-order valence-corrected chi connectivity index (χ2v) is 8.76. The molecule has 4 rings (SSSR count). The molecule has 0 fully saturated rings. The normalized spacial score (nSPS) is 14.2. The first kappa shape index (κ1) is 20.2. The third-order valence-corrected chi connectivity index (χ3v) is 6.25. The van der Waals surface area contributed by atoms with E-state index in [9.17, 15) is 9.59 Å². The number of benzene rings is 3. The van der Waals surface area contributed by atoms with Crippen molar-refractivity contribution in [3.05, 3.63) is 100 Å². The number of thioether (sulfide) groups is 1. The average molecular weight is 414 g/mol. The molecular formula is C26H23NO2S. The highest BCUT2D eigenvalue weighted by molar-refractivity contribution is 8.04. The maximum Gasteiger partial charge on any atom is 0.272 e. The van der Waals surface area contributed by atoms with Gasteiger partial charge in [-0.15, -0.1) is 0 Å². The quantitative estimate of drug-likeness (QED) is 0.468. The Balaban J connectivity index is 1.78. The number of amides is 2. The summed E-state index contributed by atoms with van der Waals surface area (Å²) in [6, 6.07) is 25.1. The van der Waals surface area contributed by atoms with Gasteiger partial charge in [-0.3, -0.25) is 9.59 Å². The highest BCUT2D eigenvalue weighted by Gasteiger charge is 2.40. The summed E-state index contributed by atoms with van der Waals surface area (Å²) in [6.07, 6.45) is 0. The third kappa shape index (κ3) is 3.83. The van der Waals surface area contributed by atoms with E-state index >= 15 is 0 Å². The van der Waals surface area contributed by atoms with Gasteiger partial charge in [0.15, 0.2) is 0 Å². The van der Waals surface area contributed by atoms with Crippen LogP contribution in [0.5, 0.6) is 0 Å². The van der Waals surface area contributed by atoms with Crippen molar-refractivity contribution in [2.24, 2.45) is 0 Å². The zero-order valence-electron chi connectivity index (χ0n) is 17.3. The molecule has 0 N–H and O–H groups in total. The molecule has 3 nitrogen and oxygen atoms in total. The minimum atomic E-state index is -0.278. The number of imide groups is 1. The van der Waals surface area contributed by atoms with Gasteiger partial charge in [0, 0.05) is 4.90 Å². The van der Waals surface area contributed by atoms with E-state index in [1.54, 1.807) is 0 Å². The molecule has 0 radical (unpaired) electrons. The van der Waals surface area contributed by atoms with Crippen LogP contribution in [0.3, 0.4) is 0 Å². The molecule has 30 heavy (non-hydrogen) atoms. The van der Waals surface area contributed by atoms with Gasteiger partial charge in [0.2, 0.25) is 0 Å². The fourth-order valence-electron chi connectivity index (χ4n) is 3.43. The SMILES string of the molecule is Cc1ccc(C2=C(Sc3ccccc3)C(=O)N(c3ccc(C(C)C)cc3)C2=O)cc1. The lowest BCUT2D eigenvalue weighted by Crippen LogP contribution is -2.31. The Bertz CT molecular complexity index is 1110. The third-order valence-electron chi connectivity index (χ3n) is 5.16. The highest BCUT2D eigenvalue weighted by Crippen LogP contribution is 2.41. The van der Waals surface area contributed by atoms with Gasteiger partial charge in [0.05, 0.1) is 16.2 Å². The molecule has 0 unspecified atom stereocenters. The Morgan fingerprint density at radius 3 is 2.00 bits per heavy atom. The lowest BCUT2D eigenvalue weighted by molar-refractivity contribution is -0.119. The molecule has 1 heterocycles. The average Bonchev–Trinajstić information content (AvgIpc) is 2.99. The van der Waals surface area contributed by atoms with E-state index in [0.29, 0.717) is 22.1 Å². The molecule has 4 heteroatoms. The molecular weight excluding hydrogens is 390 g/mol. The van der Waals surface area contributed by atoms with Crippen LogP contribution < -0.4 is 4.90 Å². The molecule has 0 saturated carbocycles. The summed E-state index contributed by atoms with van der Waals surface area (Å²) in [5, 5.41) is 0. The zero-order valence-corrected chi connectivity index (χ0v) is 18.1. The van der Waals surface area contributed by atoms with E-state index in [0.717, 1.165) is 16.0 Å². The van der Waals surface area contributed by atoms with Crippen molar-refractivity contribution in [1.29, 1.82) is 0 Å². The summed E-state index contributed by atoms with van der Waals surface area (Å²) in [6.45, 7) is 6.24. The van der Waals surface area contributed by atoms with Crippen molar-refractivity contribution in [1.82, 2.24) is 0 Å². The first-order valence-corrected chi connectivity index (χ1v) is 10.8. The summed E-state index contributed by atoms with van der Waals surface area (Å²) in [5.74, 6) is -0.171. The van der Waals surface area contributed by atoms with Crippen LogP contribution in [0.15, 0.2) is 88.7 Å². The number of aryl methyl sites for hydroxylation is 1. The molecule has 2 amide bonds. The van der Waals surface area contributed by atoms with Gasteiger partial charge in [-0.05, 0) is 48.2 Å². The van der Waals surface area contributed by atoms with Crippen molar-refractivity contribution in [2.75, 3.05) is 4.90 Å². The van der Waals surface area contributed by atoms with Crippen LogP contribution >= 0.6 is 11.8 Å². The van der Waals surface area contributed by atoms with Gasteiger partial charge in [-0.25, -0.2) is 4.90 Å². The number of anilines is 1. The fourth-order valence-corrected chi connectivity index (χ4v) is 4.44. The molecule has 3 aromatic rings. The van der Waals surface area contributed by atoms with Crippen molar-refractivity contribution < 1.29 is 9.59 Å². The molecule has 1 aliphatic rings. The molecule has 1 aliphatic heterocycles. The highest BCUT2D eigenvalue weighted by atomic mass is 32.2. The van der Waals surface area contributed by atoms with Crippen LogP contribution in [0.25, 0.3) is 5.57 Å². The topological polar surface area (TPSA) is 37.4 Å². The summed E-state index contributed by atoms with van der Waals surface area (Å²) in [4.78, 5) is 29.6. The van der Waals surface area contributed by atoms with Crippen LogP contribution in [0, 0.1) is 6.92 Å². The molecule has 0 saturated heterocycles. The molecule has 0 aliphatic carbocycles. The molecule has 0 bridgehead atoms. The monoisotopic (exact) mass is 413 g/mol. The number of nitrogens with zero attached hydrogens (tertiary/aromatic N) is 1. The lowest BCUT2D eigenvalue weighted by atomic mass is 10.0. The summed E-state index contributed by atoms with van der Waals surface area (Å²) < 4.78 is 0. The van der Waals surface area contributed by atoms with Crippen LogP contribution in [0.4, 0.5) is 5.69 Å². The maximum absolute atomic E-state index is 13.5. The van der Waals surface area contributed by atoms with Gasteiger partial charge >= 0.3 is 0 Å². The van der Waals surface area contributed by atoms with E-state index in [4.69, 9.17) is 0 Å². The number of carbonyl (C=O) groups excluding carboxylic acids is 2. The summed E-state index contributed by atoms with van der Waals surface area (Å²) >= 11 is 1.34. The van der Waals surface area contributed by atoms with Gasteiger partial charge in [0.25, 0.3) is 11.8 Å². The second-order valence-electron chi connectivity index (χ2n) is 7.68. The number of rotatable bonds is 5. The minimum Gasteiger partial charge on any atom is -0.268 e. The van der Waals surface area contributed by atoms with Crippen LogP contribution in [-0.4, -0.2) is 11.8 Å². The summed E-state index contributed by atoms with van der Waals surface area (Å²) in [7, 11) is 0. The number of carbonyl (C=O) groups is 2. The van der Waals surface area contributed by atoms with Gasteiger partial charge in [-0.2, -0.15) is 0 Å². The Labute approximate surface area is 181 Å². The molecule has 0 atom stereocenters. The maximum atomic E-state index is 13.5. The predicted octanol–water partition coefficient (Wildman–Crippen LogP) is 6.20. The number of hydrogen-bond donors (Lipinski definition) is 0. The van der Waals surface area contributed by atoms with Crippen LogP contribution in [0.1, 0.15) is 36.5 Å². The molecule has 150 valence electrons. The Kier molecular flexibility index (Phi) is 5.60. The van der Waals surface area contributed by atoms with Crippen molar-refractivity contribution in [2.45, 2.75) is 31.6 Å². The first-order valence-electron chi connectivity index (χ1n) is 9.98. The van der Waals surface area contributed by atoms with E-state index in [2.05, 4.69) is 13.8 Å². The van der Waals surface area contributed by atoms with Gasteiger partial charge in [0.1, 0.15) is 0 Å². The van der Waals surface area contributed by atoms with E-state index in [1.807, 2.05) is 85.8 Å². The van der Waals surface area contributed by atoms with Crippen LogP contribution in [-0.2, 0) is 9.59 Å². The minimum absolute atomic E-state index is 0.276. The Morgan fingerprint density at radius 1 is 0.767 bits per heavy atom. The van der Waals surface area contributed by atoms with Gasteiger partial charge < -0.3 is 0 Å². The van der Waals surface area contributed by atoms with Crippen molar-refractivity contribution in [3.63, 3.8) is 0 Å². The van der Waals surface area contributed by atoms with E-state index in [-0.39, 0.29) is 11.8 Å². The number of hydrogen-bond acceptors (Lipinski definition) is 3. The lowest BCUT2D eigenvalue weighted by Gasteiger charge is -2.16. The predicted molar refractivity (Wildman–Crippen MR) is 123 cm³/mol. The molecule has 0 aromatic heterocycles. The fraction of sp³-hybridized carbons (Fsp3) is 0.154. The standard InChI is InChI=1S/C26H23NO2S/c1-17(2)19-13-15-21(16-14-19)27-25(28)23(20-11-9-18(3)10-12-20)24(26(27)29)30-22-7-5-4-6-8-22/h4-17H,1-3H3. The second kappa shape index (κ2) is 8.33. The van der Waals surface area contributed by atoms with Crippen molar-refractivity contribution in [3.8, 4) is 0 Å². The summed E-state index contributed by atoms with van der Waals surface area (Å²) in [5.41, 5.74) is 4.10. The smallest absolute Gasteiger partial charge is 0.268 e. The van der Waals surface area contributed by atoms with Gasteiger partial charge in [-0.1, -0.05) is 85.8 Å². The van der Waals surface area contributed by atoms with Crippen LogP contribution in [0.2, 0.25) is 0 Å². The largest absolute Gasteiger partial charge is 0.272 e. The van der Waals surface area contributed by atoms with Crippen molar-refractivity contribution >= 4 is 34.8 Å². The van der Waals surface area contributed by atoms with E-state index < -0.39 is 0 Å².